The predicted octanol–water partition coefficient (Wildman–Crippen LogP) is -1.19. The number of nitrogens with two attached hydrogens (primary N) is 1. The number of aromatic nitrogens is 5. The van der Waals surface area contributed by atoms with E-state index < -0.39 is 0 Å². The number of amides is 1. The quantitative estimate of drug-likeness (QED) is 0.727. The van der Waals surface area contributed by atoms with Gasteiger partial charge in [0.2, 0.25) is 5.91 Å². The largest absolute Gasteiger partial charge is 0.355 e. The summed E-state index contributed by atoms with van der Waals surface area (Å²) in [7, 11) is 0. The Kier molecular flexibility index (Phi) is 3.91. The number of nitrogens with one attached hydrogen (secondary N) is 1. The second kappa shape index (κ2) is 6.00. The van der Waals surface area contributed by atoms with Crippen LogP contribution in [0.4, 0.5) is 5.82 Å². The average molecular weight is 290 g/mol. The first-order valence-electron chi connectivity index (χ1n) is 7.04. The number of carbonyl (C=O) groups is 1. The van der Waals surface area contributed by atoms with Crippen molar-refractivity contribution in [2.45, 2.75) is 12.8 Å². The molecule has 1 aliphatic rings. The van der Waals surface area contributed by atoms with E-state index >= 15 is 0 Å². The lowest BCUT2D eigenvalue weighted by Gasteiger charge is -2.33. The zero-order valence-corrected chi connectivity index (χ0v) is 11.6. The van der Waals surface area contributed by atoms with E-state index in [9.17, 15) is 4.79 Å². The molecule has 0 radical (unpaired) electrons. The van der Waals surface area contributed by atoms with E-state index in [4.69, 9.17) is 5.73 Å². The van der Waals surface area contributed by atoms with Crippen LogP contribution in [0.1, 0.15) is 12.8 Å². The molecule has 0 aliphatic carbocycles. The Hall–Kier alpha value is -2.29. The molecule has 1 atom stereocenters. The van der Waals surface area contributed by atoms with Crippen molar-refractivity contribution in [2.75, 3.05) is 31.1 Å². The second-order valence-corrected chi connectivity index (χ2v) is 5.08. The summed E-state index contributed by atoms with van der Waals surface area (Å²) in [6.07, 6.45) is 5.16. The normalized spacial score (nSPS) is 18.9. The van der Waals surface area contributed by atoms with Crippen molar-refractivity contribution >= 4 is 17.4 Å². The fourth-order valence-corrected chi connectivity index (χ4v) is 2.62. The molecule has 21 heavy (non-hydrogen) atoms. The molecular weight excluding hydrogens is 272 g/mol. The van der Waals surface area contributed by atoms with Gasteiger partial charge in [0.25, 0.3) is 0 Å². The van der Waals surface area contributed by atoms with Crippen molar-refractivity contribution in [1.82, 2.24) is 30.3 Å². The minimum atomic E-state index is -0.0444. The van der Waals surface area contributed by atoms with Gasteiger partial charge in [-0.1, -0.05) is 0 Å². The van der Waals surface area contributed by atoms with E-state index in [0.717, 1.165) is 25.2 Å². The fraction of sp³-hybridized carbons (Fsp3) is 0.583. The molecule has 1 fully saturated rings. The lowest BCUT2D eigenvalue weighted by molar-refractivity contribution is -0.125. The van der Waals surface area contributed by atoms with E-state index in [1.165, 1.54) is 0 Å². The van der Waals surface area contributed by atoms with Gasteiger partial charge in [0.15, 0.2) is 11.5 Å². The van der Waals surface area contributed by atoms with Crippen molar-refractivity contribution in [3.05, 3.63) is 12.4 Å². The number of carbonyl (C=O) groups excluding carboxylic acids is 1. The van der Waals surface area contributed by atoms with Gasteiger partial charge in [-0.2, -0.15) is 4.52 Å². The molecule has 1 saturated heterocycles. The minimum absolute atomic E-state index is 0.0444. The highest BCUT2D eigenvalue weighted by Gasteiger charge is 2.27. The molecule has 112 valence electrons. The maximum Gasteiger partial charge on any atom is 0.224 e. The van der Waals surface area contributed by atoms with Gasteiger partial charge in [0.05, 0.1) is 18.3 Å². The molecule has 1 unspecified atom stereocenters. The number of hydrogen-bond donors (Lipinski definition) is 2. The summed E-state index contributed by atoms with van der Waals surface area (Å²) in [6, 6.07) is 0. The van der Waals surface area contributed by atoms with Gasteiger partial charge < -0.3 is 16.0 Å². The number of nitrogens with zero attached hydrogens (tertiary/aromatic N) is 6. The number of piperidine rings is 1. The molecule has 0 aromatic carbocycles. The summed E-state index contributed by atoms with van der Waals surface area (Å²) in [4.78, 5) is 18.4. The Balaban J connectivity index is 1.77. The van der Waals surface area contributed by atoms with Crippen LogP contribution in [0.5, 0.6) is 0 Å². The molecular formula is C12H18N8O. The Labute approximate surface area is 121 Å². The Morgan fingerprint density at radius 3 is 3.24 bits per heavy atom. The van der Waals surface area contributed by atoms with Crippen molar-refractivity contribution in [3.8, 4) is 0 Å². The molecule has 2 aromatic heterocycles. The molecule has 9 heteroatoms. The van der Waals surface area contributed by atoms with Gasteiger partial charge in [0, 0.05) is 26.2 Å². The van der Waals surface area contributed by atoms with Crippen LogP contribution in [0.15, 0.2) is 12.4 Å². The Morgan fingerprint density at radius 1 is 1.48 bits per heavy atom. The van der Waals surface area contributed by atoms with Gasteiger partial charge in [0.1, 0.15) is 0 Å². The fourth-order valence-electron chi connectivity index (χ4n) is 2.62. The van der Waals surface area contributed by atoms with Crippen LogP contribution >= 0.6 is 0 Å². The van der Waals surface area contributed by atoms with Crippen LogP contribution in [0, 0.1) is 5.92 Å². The monoisotopic (exact) mass is 290 g/mol. The molecule has 2 aromatic rings. The molecule has 3 N–H and O–H groups in total. The van der Waals surface area contributed by atoms with Crippen LogP contribution in [0.3, 0.4) is 0 Å². The van der Waals surface area contributed by atoms with Crippen LogP contribution < -0.4 is 16.0 Å². The van der Waals surface area contributed by atoms with Gasteiger partial charge >= 0.3 is 0 Å². The minimum Gasteiger partial charge on any atom is -0.355 e. The Morgan fingerprint density at radius 2 is 2.38 bits per heavy atom. The van der Waals surface area contributed by atoms with E-state index in [1.807, 2.05) is 0 Å². The summed E-state index contributed by atoms with van der Waals surface area (Å²) >= 11 is 0. The third-order valence-electron chi connectivity index (χ3n) is 3.65. The third-order valence-corrected chi connectivity index (χ3v) is 3.65. The topological polar surface area (TPSA) is 114 Å². The Bertz CT molecular complexity index is 626. The SMILES string of the molecule is NCCNC(=O)C1CCCN(c2cncc3nnnn23)C1. The molecule has 1 aliphatic heterocycles. The summed E-state index contributed by atoms with van der Waals surface area (Å²) in [5, 5.41) is 14.4. The lowest BCUT2D eigenvalue weighted by Crippen LogP contribution is -2.44. The first-order chi connectivity index (χ1) is 10.3. The molecule has 1 amide bonds. The smallest absolute Gasteiger partial charge is 0.224 e. The number of rotatable bonds is 4. The van der Waals surface area contributed by atoms with Crippen molar-refractivity contribution in [2.24, 2.45) is 11.7 Å². The number of tetrazole rings is 1. The van der Waals surface area contributed by atoms with E-state index in [1.54, 1.807) is 16.9 Å². The highest BCUT2D eigenvalue weighted by molar-refractivity contribution is 5.79. The van der Waals surface area contributed by atoms with E-state index in [2.05, 4.69) is 30.7 Å². The maximum absolute atomic E-state index is 12.1. The first kappa shape index (κ1) is 13.7. The molecule has 0 saturated carbocycles. The van der Waals surface area contributed by atoms with Crippen molar-refractivity contribution < 1.29 is 4.79 Å². The van der Waals surface area contributed by atoms with Crippen LogP contribution in [-0.2, 0) is 4.79 Å². The van der Waals surface area contributed by atoms with Crippen molar-refractivity contribution in [3.63, 3.8) is 0 Å². The predicted molar refractivity (Wildman–Crippen MR) is 75.6 cm³/mol. The first-order valence-corrected chi connectivity index (χ1v) is 7.04. The molecule has 9 nitrogen and oxygen atoms in total. The molecule has 3 heterocycles. The van der Waals surface area contributed by atoms with Crippen LogP contribution in [0.25, 0.3) is 5.65 Å². The highest BCUT2D eigenvalue weighted by atomic mass is 16.1. The lowest BCUT2D eigenvalue weighted by atomic mass is 9.97. The maximum atomic E-state index is 12.1. The van der Waals surface area contributed by atoms with E-state index in [0.29, 0.717) is 25.3 Å². The summed E-state index contributed by atoms with van der Waals surface area (Å²) in [5.41, 5.74) is 6.02. The standard InChI is InChI=1S/C12H18N8O/c13-3-4-15-12(21)9-2-1-5-19(8-9)11-7-14-6-10-16-17-18-20(10)11/h6-7,9H,1-5,8,13H2,(H,15,21). The number of hydrogen-bond acceptors (Lipinski definition) is 7. The summed E-state index contributed by atoms with van der Waals surface area (Å²) in [6.45, 7) is 2.47. The third kappa shape index (κ3) is 2.77. The number of fused-ring (bicyclic) bond motifs is 1. The molecule has 3 rings (SSSR count). The number of anilines is 1. The summed E-state index contributed by atoms with van der Waals surface area (Å²) in [5.74, 6) is 0.827. The molecule has 0 spiro atoms. The summed E-state index contributed by atoms with van der Waals surface area (Å²) < 4.78 is 1.65. The van der Waals surface area contributed by atoms with Gasteiger partial charge in [-0.3, -0.25) is 9.78 Å². The van der Waals surface area contributed by atoms with Crippen molar-refractivity contribution in [1.29, 1.82) is 0 Å². The zero-order chi connectivity index (χ0) is 14.7. The average Bonchev–Trinajstić information content (AvgIpc) is 3.01. The zero-order valence-electron chi connectivity index (χ0n) is 11.6. The van der Waals surface area contributed by atoms with E-state index in [-0.39, 0.29) is 11.8 Å². The van der Waals surface area contributed by atoms with Gasteiger partial charge in [-0.25, -0.2) is 0 Å². The second-order valence-electron chi connectivity index (χ2n) is 5.08. The van der Waals surface area contributed by atoms with Gasteiger partial charge in [-0.15, -0.1) is 5.10 Å². The van der Waals surface area contributed by atoms with Crippen LogP contribution in [-0.4, -0.2) is 57.1 Å². The van der Waals surface area contributed by atoms with Gasteiger partial charge in [-0.05, 0) is 23.3 Å². The molecule has 0 bridgehead atoms. The van der Waals surface area contributed by atoms with Crippen LogP contribution in [0.2, 0.25) is 0 Å². The highest BCUT2D eigenvalue weighted by Crippen LogP contribution is 2.22.